The third kappa shape index (κ3) is 4.61. The van der Waals surface area contributed by atoms with Gasteiger partial charge in [-0.1, -0.05) is 19.3 Å². The largest absolute Gasteiger partial charge is 0.349 e. The number of halogens is 1. The third-order valence-electron chi connectivity index (χ3n) is 3.58. The molecule has 1 aromatic rings. The fourth-order valence-electron chi connectivity index (χ4n) is 2.49. The van der Waals surface area contributed by atoms with Crippen LogP contribution >= 0.6 is 11.6 Å². The van der Waals surface area contributed by atoms with Gasteiger partial charge in [0.2, 0.25) is 0 Å². The molecule has 6 heteroatoms. The highest BCUT2D eigenvalue weighted by molar-refractivity contribution is 6.17. The Hall–Kier alpha value is -1.80. The van der Waals surface area contributed by atoms with Gasteiger partial charge in [-0.3, -0.25) is 9.48 Å². The summed E-state index contributed by atoms with van der Waals surface area (Å²) in [5.41, 5.74) is 0.849. The molecule has 112 valence electrons. The number of alkyl halides is 1. The summed E-state index contributed by atoms with van der Waals surface area (Å²) in [5, 5.41) is 16.2. The Morgan fingerprint density at radius 1 is 1.52 bits per heavy atom. The van der Waals surface area contributed by atoms with Gasteiger partial charge in [-0.15, -0.1) is 11.6 Å². The van der Waals surface area contributed by atoms with Gasteiger partial charge in [0, 0.05) is 23.7 Å². The summed E-state index contributed by atoms with van der Waals surface area (Å²) in [7, 11) is 0. The lowest BCUT2D eigenvalue weighted by atomic mass is 9.95. The summed E-state index contributed by atoms with van der Waals surface area (Å²) < 4.78 is 1.69. The maximum atomic E-state index is 12.1. The predicted octanol–water partition coefficient (Wildman–Crippen LogP) is 2.48. The SMILES string of the molecule is N#CC(=Cc1cnn(CCCl)c1)C(=O)NC1CCCCC1. The second kappa shape index (κ2) is 7.84. The maximum Gasteiger partial charge on any atom is 0.262 e. The zero-order valence-electron chi connectivity index (χ0n) is 11.9. The Balaban J connectivity index is 2.01. The quantitative estimate of drug-likeness (QED) is 0.516. The van der Waals surface area contributed by atoms with Crippen LogP contribution in [0.15, 0.2) is 18.0 Å². The summed E-state index contributed by atoms with van der Waals surface area (Å²) in [6.07, 6.45) is 10.5. The summed E-state index contributed by atoms with van der Waals surface area (Å²) >= 11 is 5.64. The molecule has 1 aliphatic rings. The zero-order chi connectivity index (χ0) is 15.1. The normalized spacial score (nSPS) is 16.5. The number of hydrogen-bond acceptors (Lipinski definition) is 3. The molecule has 5 nitrogen and oxygen atoms in total. The van der Waals surface area contributed by atoms with Crippen LogP contribution in [-0.4, -0.2) is 27.6 Å². The van der Waals surface area contributed by atoms with Crippen LogP contribution < -0.4 is 5.32 Å². The third-order valence-corrected chi connectivity index (χ3v) is 3.75. The molecule has 1 aromatic heterocycles. The van der Waals surface area contributed by atoms with Gasteiger partial charge in [-0.05, 0) is 18.9 Å². The molecule has 1 fully saturated rings. The highest BCUT2D eigenvalue weighted by Crippen LogP contribution is 2.18. The molecular weight excluding hydrogens is 288 g/mol. The first-order valence-corrected chi connectivity index (χ1v) is 7.77. The molecule has 2 rings (SSSR count). The first-order valence-electron chi connectivity index (χ1n) is 7.24. The van der Waals surface area contributed by atoms with Crippen molar-refractivity contribution in [2.75, 3.05) is 5.88 Å². The van der Waals surface area contributed by atoms with Crippen molar-refractivity contribution in [2.45, 2.75) is 44.7 Å². The topological polar surface area (TPSA) is 70.7 Å². The minimum Gasteiger partial charge on any atom is -0.349 e. The molecule has 0 unspecified atom stereocenters. The Morgan fingerprint density at radius 3 is 2.95 bits per heavy atom. The van der Waals surface area contributed by atoms with Crippen molar-refractivity contribution in [3.8, 4) is 6.07 Å². The molecule has 1 amide bonds. The summed E-state index contributed by atoms with van der Waals surface area (Å²) in [6.45, 7) is 0.603. The highest BCUT2D eigenvalue weighted by atomic mass is 35.5. The number of aryl methyl sites for hydroxylation is 1. The average molecular weight is 307 g/mol. The van der Waals surface area contributed by atoms with Crippen molar-refractivity contribution in [2.24, 2.45) is 0 Å². The molecule has 0 spiro atoms. The van der Waals surface area contributed by atoms with Crippen LogP contribution in [0.1, 0.15) is 37.7 Å². The highest BCUT2D eigenvalue weighted by Gasteiger charge is 2.18. The van der Waals surface area contributed by atoms with Crippen LogP contribution in [0.4, 0.5) is 0 Å². The molecular formula is C15H19ClN4O. The average Bonchev–Trinajstić information content (AvgIpc) is 2.93. The lowest BCUT2D eigenvalue weighted by Gasteiger charge is -2.22. The van der Waals surface area contributed by atoms with Crippen molar-refractivity contribution in [1.82, 2.24) is 15.1 Å². The van der Waals surface area contributed by atoms with E-state index in [9.17, 15) is 4.79 Å². The van der Waals surface area contributed by atoms with Crippen LogP contribution in [0.5, 0.6) is 0 Å². The molecule has 1 N–H and O–H groups in total. The predicted molar refractivity (Wildman–Crippen MR) is 81.6 cm³/mol. The molecule has 21 heavy (non-hydrogen) atoms. The van der Waals surface area contributed by atoms with E-state index in [0.29, 0.717) is 12.4 Å². The van der Waals surface area contributed by atoms with E-state index in [1.165, 1.54) is 6.42 Å². The fraction of sp³-hybridized carbons (Fsp3) is 0.533. The Kier molecular flexibility index (Phi) is 5.82. The van der Waals surface area contributed by atoms with Crippen molar-refractivity contribution in [1.29, 1.82) is 5.26 Å². The zero-order valence-corrected chi connectivity index (χ0v) is 12.6. The van der Waals surface area contributed by atoms with E-state index in [2.05, 4.69) is 10.4 Å². The van der Waals surface area contributed by atoms with Crippen LogP contribution in [0.25, 0.3) is 6.08 Å². The Labute approximate surface area is 129 Å². The lowest BCUT2D eigenvalue weighted by molar-refractivity contribution is -0.117. The van der Waals surface area contributed by atoms with E-state index in [1.807, 2.05) is 6.07 Å². The van der Waals surface area contributed by atoms with E-state index in [1.54, 1.807) is 23.2 Å². The van der Waals surface area contributed by atoms with Gasteiger partial charge in [0.15, 0.2) is 0 Å². The molecule has 1 heterocycles. The van der Waals surface area contributed by atoms with Gasteiger partial charge < -0.3 is 5.32 Å². The Bertz CT molecular complexity index is 552. The summed E-state index contributed by atoms with van der Waals surface area (Å²) in [5.74, 6) is 0.174. The number of amides is 1. The van der Waals surface area contributed by atoms with Crippen LogP contribution in [0.2, 0.25) is 0 Å². The van der Waals surface area contributed by atoms with Crippen LogP contribution in [0.3, 0.4) is 0 Å². The second-order valence-corrected chi connectivity index (χ2v) is 5.58. The van der Waals surface area contributed by atoms with Gasteiger partial charge >= 0.3 is 0 Å². The van der Waals surface area contributed by atoms with E-state index < -0.39 is 0 Å². The van der Waals surface area contributed by atoms with Gasteiger partial charge in [-0.2, -0.15) is 10.4 Å². The minimum atomic E-state index is -0.297. The molecule has 0 atom stereocenters. The number of nitrogens with one attached hydrogen (secondary N) is 1. The van der Waals surface area contributed by atoms with Crippen molar-refractivity contribution in [3.05, 3.63) is 23.5 Å². The monoisotopic (exact) mass is 306 g/mol. The standard InChI is InChI=1S/C15H19ClN4O/c16-6-7-20-11-12(10-18-20)8-13(9-17)15(21)19-14-4-2-1-3-5-14/h8,10-11,14H,1-7H2,(H,19,21). The number of carbonyl (C=O) groups is 1. The number of hydrogen-bond donors (Lipinski definition) is 1. The minimum absolute atomic E-state index is 0.117. The maximum absolute atomic E-state index is 12.1. The molecule has 0 radical (unpaired) electrons. The summed E-state index contributed by atoms with van der Waals surface area (Å²) in [6, 6.07) is 2.16. The lowest BCUT2D eigenvalue weighted by Crippen LogP contribution is -2.36. The van der Waals surface area contributed by atoms with E-state index in [4.69, 9.17) is 16.9 Å². The number of nitriles is 1. The van der Waals surface area contributed by atoms with E-state index in [0.717, 1.165) is 31.2 Å². The van der Waals surface area contributed by atoms with Gasteiger partial charge in [-0.25, -0.2) is 0 Å². The van der Waals surface area contributed by atoms with E-state index in [-0.39, 0.29) is 17.5 Å². The Morgan fingerprint density at radius 2 is 2.29 bits per heavy atom. The molecule has 0 saturated heterocycles. The van der Waals surface area contributed by atoms with Crippen molar-refractivity contribution < 1.29 is 4.79 Å². The van der Waals surface area contributed by atoms with Gasteiger partial charge in [0.1, 0.15) is 11.6 Å². The second-order valence-electron chi connectivity index (χ2n) is 5.20. The smallest absolute Gasteiger partial charge is 0.262 e. The van der Waals surface area contributed by atoms with Gasteiger partial charge in [0.05, 0.1) is 12.7 Å². The number of carbonyl (C=O) groups excluding carboxylic acids is 1. The summed E-state index contributed by atoms with van der Waals surface area (Å²) in [4.78, 5) is 12.1. The molecule has 1 aliphatic carbocycles. The number of rotatable bonds is 5. The first-order chi connectivity index (χ1) is 10.2. The molecule has 1 saturated carbocycles. The van der Waals surface area contributed by atoms with E-state index >= 15 is 0 Å². The number of aromatic nitrogens is 2. The molecule has 0 bridgehead atoms. The first kappa shape index (κ1) is 15.6. The molecule has 0 aliphatic heterocycles. The number of nitrogens with zero attached hydrogens (tertiary/aromatic N) is 3. The van der Waals surface area contributed by atoms with Crippen molar-refractivity contribution in [3.63, 3.8) is 0 Å². The fourth-order valence-corrected chi connectivity index (χ4v) is 2.66. The van der Waals surface area contributed by atoms with Crippen LogP contribution in [-0.2, 0) is 11.3 Å². The van der Waals surface area contributed by atoms with Gasteiger partial charge in [0.25, 0.3) is 5.91 Å². The molecule has 0 aromatic carbocycles. The van der Waals surface area contributed by atoms with Crippen molar-refractivity contribution >= 4 is 23.6 Å². The van der Waals surface area contributed by atoms with Crippen LogP contribution in [0, 0.1) is 11.3 Å².